The first-order chi connectivity index (χ1) is 14.3. The first-order valence-corrected chi connectivity index (χ1v) is 10.1. The zero-order chi connectivity index (χ0) is 22.1. The van der Waals surface area contributed by atoms with Crippen LogP contribution in [0.1, 0.15) is 31.9 Å². The topological polar surface area (TPSA) is 92.6 Å². The van der Waals surface area contributed by atoms with Gasteiger partial charge in [0.15, 0.2) is 0 Å². The van der Waals surface area contributed by atoms with E-state index in [1.165, 1.54) is 11.0 Å². The van der Waals surface area contributed by atoms with Crippen molar-refractivity contribution in [3.63, 3.8) is 0 Å². The largest absolute Gasteiger partial charge is 0.354 e. The second kappa shape index (κ2) is 11.1. The molecule has 2 rings (SSSR count). The molecular weight excluding hydrogens is 382 g/mol. The van der Waals surface area contributed by atoms with Gasteiger partial charge in [0.05, 0.1) is 11.3 Å². The van der Waals surface area contributed by atoms with Gasteiger partial charge in [0.2, 0.25) is 11.8 Å². The van der Waals surface area contributed by atoms with Crippen molar-refractivity contribution >= 4 is 17.5 Å². The number of nitrogens with one attached hydrogen (secondary N) is 1. The van der Waals surface area contributed by atoms with Crippen LogP contribution in [-0.4, -0.2) is 40.8 Å². The van der Waals surface area contributed by atoms with Gasteiger partial charge >= 0.3 is 0 Å². The Morgan fingerprint density at radius 1 is 1.03 bits per heavy atom. The summed E-state index contributed by atoms with van der Waals surface area (Å²) in [5, 5.41) is 14.2. The summed E-state index contributed by atoms with van der Waals surface area (Å²) in [5.74, 6) is -0.248. The van der Waals surface area contributed by atoms with Crippen molar-refractivity contribution in [3.8, 4) is 0 Å². The van der Waals surface area contributed by atoms with Gasteiger partial charge in [0, 0.05) is 24.7 Å². The highest BCUT2D eigenvalue weighted by atomic mass is 16.6. The van der Waals surface area contributed by atoms with Crippen molar-refractivity contribution in [1.82, 2.24) is 10.2 Å². The Bertz CT molecular complexity index is 868. The molecule has 0 aliphatic heterocycles. The standard InChI is InChI=1S/C23H29N3O4/c1-17(2)16-24-23(28)18(3)25(14-13-19-9-5-4-6-10-19)22(27)15-20-11-7-8-12-21(20)26(29)30/h4-12,17-18H,13-16H2,1-3H3,(H,24,28)/t18-/m1/s1. The Hall–Kier alpha value is -3.22. The average Bonchev–Trinajstić information content (AvgIpc) is 2.72. The molecule has 0 saturated carbocycles. The number of carbonyl (C=O) groups is 2. The minimum absolute atomic E-state index is 0.0919. The van der Waals surface area contributed by atoms with Crippen LogP contribution in [0.3, 0.4) is 0 Å². The monoisotopic (exact) mass is 411 g/mol. The van der Waals surface area contributed by atoms with Gasteiger partial charge in [-0.15, -0.1) is 0 Å². The third kappa shape index (κ3) is 6.69. The van der Waals surface area contributed by atoms with Crippen LogP contribution in [0.5, 0.6) is 0 Å². The maximum absolute atomic E-state index is 13.1. The number of benzene rings is 2. The van der Waals surface area contributed by atoms with Gasteiger partial charge < -0.3 is 10.2 Å². The molecule has 2 aromatic carbocycles. The van der Waals surface area contributed by atoms with Crippen LogP contribution < -0.4 is 5.32 Å². The molecule has 30 heavy (non-hydrogen) atoms. The van der Waals surface area contributed by atoms with Crippen LogP contribution in [0.2, 0.25) is 0 Å². The Morgan fingerprint density at radius 3 is 2.30 bits per heavy atom. The highest BCUT2D eigenvalue weighted by Crippen LogP contribution is 2.19. The van der Waals surface area contributed by atoms with Gasteiger partial charge in [-0.1, -0.05) is 62.4 Å². The van der Waals surface area contributed by atoms with Gasteiger partial charge in [0.1, 0.15) is 6.04 Å². The average molecular weight is 412 g/mol. The molecule has 7 heteroatoms. The lowest BCUT2D eigenvalue weighted by Gasteiger charge is -2.29. The minimum Gasteiger partial charge on any atom is -0.354 e. The molecule has 0 unspecified atom stereocenters. The van der Waals surface area contributed by atoms with Gasteiger partial charge in [-0.25, -0.2) is 0 Å². The van der Waals surface area contributed by atoms with E-state index in [4.69, 9.17) is 0 Å². The third-order valence-electron chi connectivity index (χ3n) is 4.87. The van der Waals surface area contributed by atoms with Crippen molar-refractivity contribution in [2.45, 2.75) is 39.7 Å². The van der Waals surface area contributed by atoms with E-state index in [9.17, 15) is 19.7 Å². The lowest BCUT2D eigenvalue weighted by molar-refractivity contribution is -0.385. The number of nitro benzene ring substituents is 1. The van der Waals surface area contributed by atoms with Crippen molar-refractivity contribution in [2.75, 3.05) is 13.1 Å². The lowest BCUT2D eigenvalue weighted by atomic mass is 10.1. The van der Waals surface area contributed by atoms with E-state index in [1.807, 2.05) is 44.2 Å². The number of hydrogen-bond acceptors (Lipinski definition) is 4. The fraction of sp³-hybridized carbons (Fsp3) is 0.391. The van der Waals surface area contributed by atoms with E-state index >= 15 is 0 Å². The molecule has 7 nitrogen and oxygen atoms in total. The van der Waals surface area contributed by atoms with Crippen molar-refractivity contribution in [1.29, 1.82) is 0 Å². The van der Waals surface area contributed by atoms with Crippen molar-refractivity contribution < 1.29 is 14.5 Å². The molecular formula is C23H29N3O4. The first kappa shape index (κ1) is 23.1. The van der Waals surface area contributed by atoms with Gasteiger partial charge in [-0.2, -0.15) is 0 Å². The Labute approximate surface area is 177 Å². The van der Waals surface area contributed by atoms with Crippen LogP contribution in [-0.2, 0) is 22.4 Å². The molecule has 0 heterocycles. The molecule has 0 spiro atoms. The summed E-state index contributed by atoms with van der Waals surface area (Å²) < 4.78 is 0. The maximum Gasteiger partial charge on any atom is 0.273 e. The first-order valence-electron chi connectivity index (χ1n) is 10.1. The summed E-state index contributed by atoms with van der Waals surface area (Å²) in [6.45, 7) is 6.56. The van der Waals surface area contributed by atoms with E-state index in [0.29, 0.717) is 31.0 Å². The fourth-order valence-electron chi connectivity index (χ4n) is 3.13. The predicted octanol–water partition coefficient (Wildman–Crippen LogP) is 3.37. The van der Waals surface area contributed by atoms with Gasteiger partial charge in [0.25, 0.3) is 5.69 Å². The minimum atomic E-state index is -0.678. The van der Waals surface area contributed by atoms with Crippen LogP contribution in [0, 0.1) is 16.0 Å². The molecule has 2 aromatic rings. The van der Waals surface area contributed by atoms with Crippen molar-refractivity contribution in [3.05, 3.63) is 75.8 Å². The summed E-state index contributed by atoms with van der Waals surface area (Å²) in [6, 6.07) is 15.2. The van der Waals surface area contributed by atoms with Crippen LogP contribution in [0.15, 0.2) is 54.6 Å². The number of rotatable bonds is 10. The van der Waals surface area contributed by atoms with Crippen LogP contribution >= 0.6 is 0 Å². The Morgan fingerprint density at radius 2 is 1.67 bits per heavy atom. The molecule has 1 atom stereocenters. The zero-order valence-corrected chi connectivity index (χ0v) is 17.7. The van der Waals surface area contributed by atoms with Crippen molar-refractivity contribution in [2.24, 2.45) is 5.92 Å². The van der Waals surface area contributed by atoms with E-state index < -0.39 is 11.0 Å². The molecule has 0 bridgehead atoms. The second-order valence-corrected chi connectivity index (χ2v) is 7.70. The van der Waals surface area contributed by atoms with E-state index in [-0.39, 0.29) is 23.9 Å². The Kier molecular flexibility index (Phi) is 8.53. The zero-order valence-electron chi connectivity index (χ0n) is 17.7. The Balaban J connectivity index is 2.19. The molecule has 0 aromatic heterocycles. The number of hydrogen-bond donors (Lipinski definition) is 1. The molecule has 0 saturated heterocycles. The third-order valence-corrected chi connectivity index (χ3v) is 4.87. The smallest absolute Gasteiger partial charge is 0.273 e. The van der Waals surface area contributed by atoms with Crippen LogP contribution in [0.4, 0.5) is 5.69 Å². The van der Waals surface area contributed by atoms with E-state index in [0.717, 1.165) is 5.56 Å². The predicted molar refractivity (Wildman–Crippen MR) is 116 cm³/mol. The normalized spacial score (nSPS) is 11.7. The second-order valence-electron chi connectivity index (χ2n) is 7.70. The number of carbonyl (C=O) groups excluding carboxylic acids is 2. The number of nitro groups is 1. The fourth-order valence-corrected chi connectivity index (χ4v) is 3.13. The highest BCUT2D eigenvalue weighted by Gasteiger charge is 2.27. The van der Waals surface area contributed by atoms with E-state index in [2.05, 4.69) is 5.32 Å². The summed E-state index contributed by atoms with van der Waals surface area (Å²) in [7, 11) is 0. The molecule has 2 amide bonds. The molecule has 1 N–H and O–H groups in total. The summed E-state index contributed by atoms with van der Waals surface area (Å²) in [5.41, 5.74) is 1.30. The number of nitrogens with zero attached hydrogens (tertiary/aromatic N) is 2. The van der Waals surface area contributed by atoms with Crippen LogP contribution in [0.25, 0.3) is 0 Å². The highest BCUT2D eigenvalue weighted by molar-refractivity contribution is 5.88. The SMILES string of the molecule is CC(C)CNC(=O)[C@@H](C)N(CCc1ccccc1)C(=O)Cc1ccccc1[N+](=O)[O-]. The molecule has 0 aliphatic rings. The summed E-state index contributed by atoms with van der Waals surface area (Å²) in [6.07, 6.45) is 0.457. The summed E-state index contributed by atoms with van der Waals surface area (Å²) >= 11 is 0. The van der Waals surface area contributed by atoms with Gasteiger partial charge in [-0.3, -0.25) is 19.7 Å². The molecule has 0 radical (unpaired) electrons. The molecule has 160 valence electrons. The van der Waals surface area contributed by atoms with E-state index in [1.54, 1.807) is 25.1 Å². The lowest BCUT2D eigenvalue weighted by Crippen LogP contribution is -2.49. The quantitative estimate of drug-likeness (QED) is 0.479. The maximum atomic E-state index is 13.1. The molecule has 0 fully saturated rings. The van der Waals surface area contributed by atoms with Gasteiger partial charge in [-0.05, 0) is 24.8 Å². The number of para-hydroxylation sites is 1. The number of amides is 2. The molecule has 0 aliphatic carbocycles. The summed E-state index contributed by atoms with van der Waals surface area (Å²) in [4.78, 5) is 38.0.